The first-order valence-corrected chi connectivity index (χ1v) is 7.12. The van der Waals surface area contributed by atoms with Gasteiger partial charge >= 0.3 is 0 Å². The summed E-state index contributed by atoms with van der Waals surface area (Å²) in [5, 5.41) is 3.41. The molecule has 0 aliphatic carbocycles. The van der Waals surface area contributed by atoms with Crippen LogP contribution in [-0.4, -0.2) is 19.7 Å². The SMILES string of the molecule is COc1ccccc1[C@@H]1CC(=O)c2cc3c(cc2N1)OCO3. The number of carbonyl (C=O) groups excluding carboxylic acids is 1. The largest absolute Gasteiger partial charge is 0.496 e. The Kier molecular flexibility index (Phi) is 2.92. The highest BCUT2D eigenvalue weighted by molar-refractivity contribution is 6.04. The Balaban J connectivity index is 1.74. The maximum atomic E-state index is 12.5. The van der Waals surface area contributed by atoms with Gasteiger partial charge in [-0.1, -0.05) is 18.2 Å². The second-order valence-corrected chi connectivity index (χ2v) is 5.32. The fourth-order valence-corrected chi connectivity index (χ4v) is 2.97. The predicted molar refractivity (Wildman–Crippen MR) is 80.9 cm³/mol. The molecule has 2 heterocycles. The van der Waals surface area contributed by atoms with Crippen molar-refractivity contribution in [3.05, 3.63) is 47.5 Å². The smallest absolute Gasteiger partial charge is 0.231 e. The number of fused-ring (bicyclic) bond motifs is 2. The van der Waals surface area contributed by atoms with Gasteiger partial charge < -0.3 is 19.5 Å². The number of ketones is 1. The van der Waals surface area contributed by atoms with Crippen molar-refractivity contribution in [1.29, 1.82) is 0 Å². The number of hydrogen-bond donors (Lipinski definition) is 1. The summed E-state index contributed by atoms with van der Waals surface area (Å²) in [6, 6.07) is 11.2. The number of benzene rings is 2. The molecule has 0 saturated carbocycles. The highest BCUT2D eigenvalue weighted by Gasteiger charge is 2.30. The van der Waals surface area contributed by atoms with Crippen molar-refractivity contribution in [2.75, 3.05) is 19.2 Å². The van der Waals surface area contributed by atoms with Crippen LogP contribution in [0.2, 0.25) is 0 Å². The first-order valence-electron chi connectivity index (χ1n) is 7.12. The summed E-state index contributed by atoms with van der Waals surface area (Å²) in [5.41, 5.74) is 2.40. The Labute approximate surface area is 127 Å². The van der Waals surface area contributed by atoms with Gasteiger partial charge in [-0.3, -0.25) is 4.79 Å². The van der Waals surface area contributed by atoms with Crippen LogP contribution in [0.4, 0.5) is 5.69 Å². The summed E-state index contributed by atoms with van der Waals surface area (Å²) in [6.07, 6.45) is 0.382. The first-order chi connectivity index (χ1) is 10.8. The molecule has 0 spiro atoms. The quantitative estimate of drug-likeness (QED) is 0.922. The molecule has 1 N–H and O–H groups in total. The Morgan fingerprint density at radius 3 is 2.77 bits per heavy atom. The lowest BCUT2D eigenvalue weighted by Crippen LogP contribution is -2.23. The van der Waals surface area contributed by atoms with E-state index in [1.165, 1.54) is 0 Å². The maximum absolute atomic E-state index is 12.5. The third-order valence-electron chi connectivity index (χ3n) is 4.05. The van der Waals surface area contributed by atoms with Crippen molar-refractivity contribution in [3.8, 4) is 17.2 Å². The van der Waals surface area contributed by atoms with Gasteiger partial charge in [0, 0.05) is 29.3 Å². The summed E-state index contributed by atoms with van der Waals surface area (Å²) in [5.74, 6) is 2.16. The molecule has 1 atom stereocenters. The molecule has 112 valence electrons. The topological polar surface area (TPSA) is 56.8 Å². The van der Waals surface area contributed by atoms with Crippen molar-refractivity contribution < 1.29 is 19.0 Å². The Morgan fingerprint density at radius 2 is 1.95 bits per heavy atom. The van der Waals surface area contributed by atoms with Gasteiger partial charge in [0.15, 0.2) is 17.3 Å². The van der Waals surface area contributed by atoms with Crippen molar-refractivity contribution in [2.24, 2.45) is 0 Å². The third kappa shape index (κ3) is 1.97. The van der Waals surface area contributed by atoms with Gasteiger partial charge in [0.05, 0.1) is 13.2 Å². The molecule has 0 amide bonds. The number of carbonyl (C=O) groups is 1. The lowest BCUT2D eigenvalue weighted by Gasteiger charge is -2.27. The van der Waals surface area contributed by atoms with Crippen LogP contribution in [0.3, 0.4) is 0 Å². The number of para-hydroxylation sites is 1. The van der Waals surface area contributed by atoms with E-state index in [1.807, 2.05) is 30.3 Å². The molecule has 0 saturated heterocycles. The maximum Gasteiger partial charge on any atom is 0.231 e. The minimum Gasteiger partial charge on any atom is -0.496 e. The van der Waals surface area contributed by atoms with E-state index in [4.69, 9.17) is 14.2 Å². The summed E-state index contributed by atoms with van der Waals surface area (Å²) in [6.45, 7) is 0.197. The zero-order chi connectivity index (χ0) is 15.1. The number of ether oxygens (including phenoxy) is 3. The van der Waals surface area contributed by atoms with Crippen molar-refractivity contribution in [1.82, 2.24) is 0 Å². The molecule has 0 unspecified atom stereocenters. The number of hydrogen-bond acceptors (Lipinski definition) is 5. The average Bonchev–Trinajstić information content (AvgIpc) is 3.00. The molecule has 0 radical (unpaired) electrons. The molecule has 2 aromatic rings. The van der Waals surface area contributed by atoms with E-state index >= 15 is 0 Å². The van der Waals surface area contributed by atoms with E-state index in [-0.39, 0.29) is 18.6 Å². The summed E-state index contributed by atoms with van der Waals surface area (Å²) in [7, 11) is 1.63. The van der Waals surface area contributed by atoms with Gasteiger partial charge in [0.25, 0.3) is 0 Å². The highest BCUT2D eigenvalue weighted by Crippen LogP contribution is 2.42. The standard InChI is InChI=1S/C17H15NO4/c1-20-15-5-3-2-4-10(15)12-7-14(19)11-6-16-17(22-9-21-16)8-13(11)18-12/h2-6,8,12,18H,7,9H2,1H3/t12-/m0/s1. The van der Waals surface area contributed by atoms with Crippen LogP contribution in [-0.2, 0) is 0 Å². The van der Waals surface area contributed by atoms with Crippen molar-refractivity contribution in [3.63, 3.8) is 0 Å². The fourth-order valence-electron chi connectivity index (χ4n) is 2.97. The molecule has 22 heavy (non-hydrogen) atoms. The van der Waals surface area contributed by atoms with Crippen LogP contribution in [0.1, 0.15) is 28.4 Å². The third-order valence-corrected chi connectivity index (χ3v) is 4.05. The van der Waals surface area contributed by atoms with Crippen LogP contribution < -0.4 is 19.5 Å². The van der Waals surface area contributed by atoms with Gasteiger partial charge in [-0.05, 0) is 12.1 Å². The fraction of sp³-hybridized carbons (Fsp3) is 0.235. The van der Waals surface area contributed by atoms with Crippen LogP contribution in [0.15, 0.2) is 36.4 Å². The van der Waals surface area contributed by atoms with E-state index in [1.54, 1.807) is 13.2 Å². The van der Waals surface area contributed by atoms with Gasteiger partial charge in [-0.25, -0.2) is 0 Å². The van der Waals surface area contributed by atoms with Crippen LogP contribution in [0.5, 0.6) is 17.2 Å². The number of nitrogens with one attached hydrogen (secondary N) is 1. The number of methoxy groups -OCH3 is 1. The average molecular weight is 297 g/mol. The molecule has 0 aromatic heterocycles. The molecule has 0 fully saturated rings. The van der Waals surface area contributed by atoms with E-state index in [0.717, 1.165) is 17.0 Å². The molecule has 2 aliphatic rings. The van der Waals surface area contributed by atoms with Gasteiger partial charge in [0.2, 0.25) is 6.79 Å². The van der Waals surface area contributed by atoms with E-state index in [0.29, 0.717) is 23.5 Å². The second-order valence-electron chi connectivity index (χ2n) is 5.32. The molecule has 2 aliphatic heterocycles. The van der Waals surface area contributed by atoms with Crippen LogP contribution in [0, 0.1) is 0 Å². The van der Waals surface area contributed by atoms with Crippen molar-refractivity contribution >= 4 is 11.5 Å². The van der Waals surface area contributed by atoms with E-state index in [9.17, 15) is 4.79 Å². The molecule has 2 aromatic carbocycles. The predicted octanol–water partition coefficient (Wildman–Crippen LogP) is 3.16. The number of rotatable bonds is 2. The van der Waals surface area contributed by atoms with Gasteiger partial charge in [-0.15, -0.1) is 0 Å². The molecule has 0 bridgehead atoms. The van der Waals surface area contributed by atoms with E-state index in [2.05, 4.69) is 5.32 Å². The van der Waals surface area contributed by atoms with Crippen molar-refractivity contribution in [2.45, 2.75) is 12.5 Å². The Hall–Kier alpha value is -2.69. The molecular formula is C17H15NO4. The van der Waals surface area contributed by atoms with Gasteiger partial charge in [-0.2, -0.15) is 0 Å². The van der Waals surface area contributed by atoms with E-state index < -0.39 is 0 Å². The molecule has 5 nitrogen and oxygen atoms in total. The normalized spacial score (nSPS) is 18.6. The minimum absolute atomic E-state index is 0.0861. The Morgan fingerprint density at radius 1 is 1.18 bits per heavy atom. The molecule has 5 heteroatoms. The summed E-state index contributed by atoms with van der Waals surface area (Å²) < 4.78 is 16.1. The van der Waals surface area contributed by atoms with Crippen LogP contribution >= 0.6 is 0 Å². The monoisotopic (exact) mass is 297 g/mol. The molecule has 4 rings (SSSR count). The Bertz CT molecular complexity index is 756. The summed E-state index contributed by atoms with van der Waals surface area (Å²) in [4.78, 5) is 12.5. The number of anilines is 1. The zero-order valence-electron chi connectivity index (χ0n) is 12.1. The number of Topliss-reactive ketones (excluding diaryl/α,β-unsaturated/α-hetero) is 1. The lowest BCUT2D eigenvalue weighted by atomic mass is 9.91. The van der Waals surface area contributed by atoms with Gasteiger partial charge in [0.1, 0.15) is 5.75 Å². The minimum atomic E-state index is -0.114. The first kappa shape index (κ1) is 13.0. The zero-order valence-corrected chi connectivity index (χ0v) is 12.1. The highest BCUT2D eigenvalue weighted by atomic mass is 16.7. The molecular weight excluding hydrogens is 282 g/mol. The second kappa shape index (κ2) is 4.94. The van der Waals surface area contributed by atoms with Crippen LogP contribution in [0.25, 0.3) is 0 Å². The lowest BCUT2D eigenvalue weighted by molar-refractivity contribution is 0.0971. The summed E-state index contributed by atoms with van der Waals surface area (Å²) >= 11 is 0.